The lowest BCUT2D eigenvalue weighted by Crippen LogP contribution is -2.44. The Morgan fingerprint density at radius 1 is 0.733 bits per heavy atom. The molecule has 0 N–H and O–H groups in total. The van der Waals surface area contributed by atoms with Gasteiger partial charge in [-0.25, -0.2) is 0 Å². The van der Waals surface area contributed by atoms with E-state index in [2.05, 4.69) is 0 Å². The first-order chi connectivity index (χ1) is 14.5. The van der Waals surface area contributed by atoms with E-state index in [9.17, 15) is 19.2 Å². The largest absolute Gasteiger partial charge is 0.465 e. The van der Waals surface area contributed by atoms with E-state index in [0.29, 0.717) is 35.5 Å². The maximum Gasteiger partial charge on any atom is 0.320 e. The highest BCUT2D eigenvalue weighted by atomic mass is 16.6. The summed E-state index contributed by atoms with van der Waals surface area (Å²) in [5, 5.41) is 0. The zero-order valence-corrected chi connectivity index (χ0v) is 17.4. The highest BCUT2D eigenvalue weighted by molar-refractivity contribution is 6.01. The Balaban J connectivity index is 1.39. The van der Waals surface area contributed by atoms with Crippen LogP contribution in [0.2, 0.25) is 0 Å². The van der Waals surface area contributed by atoms with Crippen LogP contribution in [0.4, 0.5) is 0 Å². The quantitative estimate of drug-likeness (QED) is 0.505. The fourth-order valence-corrected chi connectivity index (χ4v) is 10.8. The summed E-state index contributed by atoms with van der Waals surface area (Å²) in [5.41, 5.74) is 0. The lowest BCUT2D eigenvalue weighted by molar-refractivity contribution is -0.166. The predicted molar refractivity (Wildman–Crippen MR) is 101 cm³/mol. The fraction of sp³-hybridized carbons (Fsp3) is 0.833. The Kier molecular flexibility index (Phi) is 3.31. The minimum Gasteiger partial charge on any atom is -0.465 e. The van der Waals surface area contributed by atoms with Crippen LogP contribution in [0.15, 0.2) is 0 Å². The molecular weight excluding hydrogens is 384 g/mol. The van der Waals surface area contributed by atoms with E-state index in [-0.39, 0.29) is 60.3 Å². The second kappa shape index (κ2) is 5.55. The molecule has 7 aliphatic carbocycles. The van der Waals surface area contributed by atoms with Crippen molar-refractivity contribution in [3.63, 3.8) is 0 Å². The van der Waals surface area contributed by atoms with E-state index >= 15 is 0 Å². The summed E-state index contributed by atoms with van der Waals surface area (Å²) < 4.78 is 10.6. The van der Waals surface area contributed by atoms with E-state index in [4.69, 9.17) is 9.47 Å². The second-order valence-corrected chi connectivity index (χ2v) is 10.8. The van der Waals surface area contributed by atoms with Gasteiger partial charge in [-0.05, 0) is 74.0 Å². The number of hydrogen-bond acceptors (Lipinski definition) is 6. The normalized spacial score (nSPS) is 54.7. The van der Waals surface area contributed by atoms with Crippen LogP contribution in [0.1, 0.15) is 26.7 Å². The maximum absolute atomic E-state index is 13.8. The molecule has 0 aromatic heterocycles. The Bertz CT molecular complexity index is 826. The van der Waals surface area contributed by atoms with Crippen molar-refractivity contribution in [3.05, 3.63) is 0 Å². The molecule has 6 heteroatoms. The van der Waals surface area contributed by atoms with Crippen molar-refractivity contribution in [1.29, 1.82) is 0 Å². The molecule has 0 heterocycles. The number of ether oxygens (including phenoxy) is 2. The molecular formula is C24H28O6. The summed E-state index contributed by atoms with van der Waals surface area (Å²) in [4.78, 5) is 53.6. The minimum absolute atomic E-state index is 0.107. The smallest absolute Gasteiger partial charge is 0.320 e. The van der Waals surface area contributed by atoms with Gasteiger partial charge in [-0.2, -0.15) is 0 Å². The molecule has 7 rings (SSSR count). The lowest BCUT2D eigenvalue weighted by Gasteiger charge is -2.31. The number of hydrogen-bond donors (Lipinski definition) is 0. The average molecular weight is 412 g/mol. The van der Waals surface area contributed by atoms with Crippen LogP contribution >= 0.6 is 0 Å². The van der Waals surface area contributed by atoms with Crippen LogP contribution in [0.5, 0.6) is 0 Å². The standard InChI is InChI=1S/C24H28O6/c1-3-29-23(27)20(24(28)30-4-2)17-18-15-13-10(21(18)25)7-5-6-8-9(7)12(13)14-11(8)22(26)19(17)16(14)15/h7-20H,3-6H2,1-2H3/t7-,8-,9?,10-,11+,12?,13-,14-,15-,16-,17?,18-,19-/m0/s1. The van der Waals surface area contributed by atoms with Crippen LogP contribution in [0.3, 0.4) is 0 Å². The topological polar surface area (TPSA) is 86.7 Å². The summed E-state index contributed by atoms with van der Waals surface area (Å²) in [6, 6.07) is 0. The van der Waals surface area contributed by atoms with Gasteiger partial charge in [0.1, 0.15) is 11.6 Å². The van der Waals surface area contributed by atoms with Gasteiger partial charge in [0.15, 0.2) is 5.92 Å². The van der Waals surface area contributed by atoms with Gasteiger partial charge in [-0.1, -0.05) is 0 Å². The van der Waals surface area contributed by atoms with E-state index in [0.717, 1.165) is 12.8 Å². The fourth-order valence-electron chi connectivity index (χ4n) is 10.8. The molecule has 0 aliphatic heterocycles. The first-order valence-corrected chi connectivity index (χ1v) is 11.9. The Hall–Kier alpha value is -1.72. The van der Waals surface area contributed by atoms with Crippen molar-refractivity contribution in [2.75, 3.05) is 13.2 Å². The van der Waals surface area contributed by atoms with Gasteiger partial charge in [-0.3, -0.25) is 19.2 Å². The molecule has 7 saturated carbocycles. The third-order valence-corrected chi connectivity index (χ3v) is 10.7. The number of Topliss-reactive ketones (excluding diaryl/α,β-unsaturated/α-hetero) is 2. The van der Waals surface area contributed by atoms with Gasteiger partial charge in [0.05, 0.1) is 13.2 Å². The lowest BCUT2D eigenvalue weighted by atomic mass is 9.71. The molecule has 0 saturated heterocycles. The molecule has 7 aliphatic rings. The van der Waals surface area contributed by atoms with Crippen molar-refractivity contribution >= 4 is 23.5 Å². The monoisotopic (exact) mass is 412 g/mol. The van der Waals surface area contributed by atoms with E-state index in [1.807, 2.05) is 0 Å². The summed E-state index contributed by atoms with van der Waals surface area (Å²) >= 11 is 0. The van der Waals surface area contributed by atoms with Gasteiger partial charge in [0.2, 0.25) is 0 Å². The number of rotatable bonds is 5. The zero-order valence-electron chi connectivity index (χ0n) is 17.4. The van der Waals surface area contributed by atoms with Gasteiger partial charge in [0, 0.05) is 29.6 Å². The molecule has 0 bridgehead atoms. The number of ketones is 2. The molecule has 160 valence electrons. The second-order valence-electron chi connectivity index (χ2n) is 10.8. The van der Waals surface area contributed by atoms with E-state index in [1.165, 1.54) is 0 Å². The highest BCUT2D eigenvalue weighted by Gasteiger charge is 2.86. The van der Waals surface area contributed by atoms with Crippen LogP contribution < -0.4 is 0 Å². The Morgan fingerprint density at radius 3 is 1.60 bits per heavy atom. The molecule has 6 nitrogen and oxygen atoms in total. The van der Waals surface area contributed by atoms with Crippen molar-refractivity contribution < 1.29 is 28.7 Å². The van der Waals surface area contributed by atoms with Crippen molar-refractivity contribution in [2.45, 2.75) is 26.7 Å². The first kappa shape index (κ1) is 17.9. The maximum atomic E-state index is 13.8. The highest BCUT2D eigenvalue weighted by Crippen LogP contribution is 2.84. The summed E-state index contributed by atoms with van der Waals surface area (Å²) in [5.74, 6) is 0.262. The van der Waals surface area contributed by atoms with Crippen LogP contribution in [0, 0.1) is 82.9 Å². The summed E-state index contributed by atoms with van der Waals surface area (Å²) in [6.45, 7) is 3.75. The molecule has 0 aromatic carbocycles. The van der Waals surface area contributed by atoms with Crippen molar-refractivity contribution in [3.8, 4) is 0 Å². The van der Waals surface area contributed by atoms with E-state index < -0.39 is 23.8 Å². The van der Waals surface area contributed by atoms with Crippen LogP contribution in [0.25, 0.3) is 0 Å². The third-order valence-electron chi connectivity index (χ3n) is 10.7. The summed E-state index contributed by atoms with van der Waals surface area (Å²) in [6.07, 6.45) is 2.15. The molecule has 30 heavy (non-hydrogen) atoms. The minimum atomic E-state index is -1.15. The van der Waals surface area contributed by atoms with Gasteiger partial charge >= 0.3 is 11.9 Å². The molecule has 0 aromatic rings. The predicted octanol–water partition coefficient (Wildman–Crippen LogP) is 1.75. The molecule has 13 atom stereocenters. The van der Waals surface area contributed by atoms with Crippen LogP contribution in [-0.2, 0) is 28.7 Å². The number of esters is 2. The van der Waals surface area contributed by atoms with Crippen molar-refractivity contribution in [1.82, 2.24) is 0 Å². The number of carbonyl (C=O) groups is 4. The average Bonchev–Trinajstić information content (AvgIpc) is 3.47. The first-order valence-electron chi connectivity index (χ1n) is 11.9. The molecule has 3 unspecified atom stereocenters. The summed E-state index contributed by atoms with van der Waals surface area (Å²) in [7, 11) is 0. The zero-order chi connectivity index (χ0) is 20.6. The number of fused-ring (bicyclic) bond motifs is 2. The van der Waals surface area contributed by atoms with Crippen molar-refractivity contribution in [2.24, 2.45) is 82.9 Å². The third kappa shape index (κ3) is 1.64. The SMILES string of the molecule is CCOC(=O)C(C(=O)OCC)C1[C@H]2C(=O)[C@@H]3[C@H]4C5C6[C@@H]3CC[C@@H]6[C@H]3C(=O)[C@H]1[C@@H]([C@H]53)[C@H]42. The van der Waals surface area contributed by atoms with Gasteiger partial charge in [-0.15, -0.1) is 0 Å². The Labute approximate surface area is 175 Å². The van der Waals surface area contributed by atoms with Gasteiger partial charge in [0.25, 0.3) is 0 Å². The van der Waals surface area contributed by atoms with Crippen LogP contribution in [-0.4, -0.2) is 36.7 Å². The molecule has 0 radical (unpaired) electrons. The number of carbonyl (C=O) groups excluding carboxylic acids is 4. The van der Waals surface area contributed by atoms with E-state index in [1.54, 1.807) is 13.8 Å². The molecule has 7 fully saturated rings. The Morgan fingerprint density at radius 2 is 1.17 bits per heavy atom. The molecule has 0 spiro atoms. The van der Waals surface area contributed by atoms with Gasteiger partial charge < -0.3 is 9.47 Å². The molecule has 0 amide bonds.